The van der Waals surface area contributed by atoms with Crippen molar-refractivity contribution in [1.29, 1.82) is 0 Å². The second-order valence-corrected chi connectivity index (χ2v) is 8.18. The van der Waals surface area contributed by atoms with Crippen LogP contribution in [0.4, 0.5) is 5.82 Å². The van der Waals surface area contributed by atoms with Crippen LogP contribution in [0.25, 0.3) is 32.4 Å². The highest BCUT2D eigenvalue weighted by Crippen LogP contribution is 2.40. The molecule has 2 aromatic carbocycles. The maximum absolute atomic E-state index is 12.7. The summed E-state index contributed by atoms with van der Waals surface area (Å²) in [5.41, 5.74) is 3.93. The predicted octanol–water partition coefficient (Wildman–Crippen LogP) is 5.16. The van der Waals surface area contributed by atoms with Gasteiger partial charge < -0.3 is 5.32 Å². The van der Waals surface area contributed by atoms with Gasteiger partial charge in [0, 0.05) is 23.4 Å². The molecule has 1 N–H and O–H groups in total. The summed E-state index contributed by atoms with van der Waals surface area (Å²) in [6.07, 6.45) is 3.49. The first-order chi connectivity index (χ1) is 14.7. The zero-order chi connectivity index (χ0) is 20.5. The zero-order valence-electron chi connectivity index (χ0n) is 16.4. The van der Waals surface area contributed by atoms with Gasteiger partial charge in [-0.2, -0.15) is 0 Å². The summed E-state index contributed by atoms with van der Waals surface area (Å²) in [4.78, 5) is 28.1. The molecule has 0 unspecified atom stereocenters. The van der Waals surface area contributed by atoms with Crippen LogP contribution in [0.5, 0.6) is 0 Å². The number of carbonyl (C=O) groups excluding carboxylic acids is 1. The van der Waals surface area contributed by atoms with Crippen LogP contribution in [0.2, 0.25) is 0 Å². The summed E-state index contributed by atoms with van der Waals surface area (Å²) in [5.74, 6) is 0.748. The summed E-state index contributed by atoms with van der Waals surface area (Å²) in [7, 11) is 0. The lowest BCUT2D eigenvalue weighted by Gasteiger charge is -2.09. The van der Waals surface area contributed by atoms with Gasteiger partial charge in [-0.25, -0.2) is 15.0 Å². The molecular weight excluding hydrogens is 394 g/mol. The molecular formula is C23H19N5OS. The van der Waals surface area contributed by atoms with E-state index in [2.05, 4.69) is 39.3 Å². The normalized spacial score (nSPS) is 11.2. The van der Waals surface area contributed by atoms with Crippen LogP contribution < -0.4 is 5.32 Å². The quantitative estimate of drug-likeness (QED) is 0.431. The van der Waals surface area contributed by atoms with Crippen LogP contribution in [0.3, 0.4) is 0 Å². The Labute approximate surface area is 177 Å². The first-order valence-electron chi connectivity index (χ1n) is 9.71. The summed E-state index contributed by atoms with van der Waals surface area (Å²) in [5, 5.41) is 4.36. The van der Waals surface area contributed by atoms with E-state index in [1.54, 1.807) is 28.6 Å². The largest absolute Gasteiger partial charge is 0.369 e. The maximum atomic E-state index is 12.7. The molecule has 0 fully saturated rings. The number of carbonyl (C=O) groups is 1. The number of nitrogens with zero attached hydrogens (tertiary/aromatic N) is 4. The predicted molar refractivity (Wildman–Crippen MR) is 121 cm³/mol. The Balaban J connectivity index is 1.40. The van der Waals surface area contributed by atoms with Crippen LogP contribution in [-0.4, -0.2) is 32.0 Å². The molecule has 3 heterocycles. The number of rotatable bonds is 5. The lowest BCUT2D eigenvalue weighted by molar-refractivity contribution is 0.0912. The standard InChI is InChI=1S/C23H19N5OS/c1-15-20(16-7-3-2-4-8-16)21-22(25-13-26-23(21)30-15)24-12-11-19(29)28-14-27-17-9-5-6-10-18(17)28/h2-10,13-14H,11-12H2,1H3,(H,24,25,26). The van der Waals surface area contributed by atoms with Gasteiger partial charge in [0.25, 0.3) is 0 Å². The van der Waals surface area contributed by atoms with Crippen molar-refractivity contribution in [2.75, 3.05) is 11.9 Å². The van der Waals surface area contributed by atoms with Crippen molar-refractivity contribution in [3.63, 3.8) is 0 Å². The second kappa shape index (κ2) is 7.68. The molecule has 6 nitrogen and oxygen atoms in total. The monoisotopic (exact) mass is 413 g/mol. The number of para-hydroxylation sites is 2. The molecule has 0 saturated carbocycles. The van der Waals surface area contributed by atoms with Crippen LogP contribution in [0, 0.1) is 6.92 Å². The highest BCUT2D eigenvalue weighted by Gasteiger charge is 2.17. The highest BCUT2D eigenvalue weighted by molar-refractivity contribution is 7.19. The second-order valence-electron chi connectivity index (χ2n) is 6.98. The van der Waals surface area contributed by atoms with Gasteiger partial charge in [-0.15, -0.1) is 11.3 Å². The van der Waals surface area contributed by atoms with E-state index in [4.69, 9.17) is 0 Å². The maximum Gasteiger partial charge on any atom is 0.234 e. The van der Waals surface area contributed by atoms with Gasteiger partial charge in [0.1, 0.15) is 23.3 Å². The van der Waals surface area contributed by atoms with Crippen LogP contribution in [-0.2, 0) is 0 Å². The van der Waals surface area contributed by atoms with E-state index in [1.807, 2.05) is 42.5 Å². The fraction of sp³-hybridized carbons (Fsp3) is 0.130. The molecule has 7 heteroatoms. The van der Waals surface area contributed by atoms with E-state index in [0.717, 1.165) is 38.2 Å². The highest BCUT2D eigenvalue weighted by atomic mass is 32.1. The van der Waals surface area contributed by atoms with E-state index >= 15 is 0 Å². The van der Waals surface area contributed by atoms with Crippen molar-refractivity contribution >= 4 is 44.3 Å². The molecule has 148 valence electrons. The molecule has 3 aromatic heterocycles. The lowest BCUT2D eigenvalue weighted by Crippen LogP contribution is -2.15. The first kappa shape index (κ1) is 18.4. The number of fused-ring (bicyclic) bond motifs is 2. The number of thiophene rings is 1. The van der Waals surface area contributed by atoms with E-state index in [-0.39, 0.29) is 5.91 Å². The Bertz CT molecular complexity index is 1360. The minimum absolute atomic E-state index is 0.00807. The van der Waals surface area contributed by atoms with Crippen LogP contribution in [0.1, 0.15) is 16.1 Å². The number of hydrogen-bond donors (Lipinski definition) is 1. The van der Waals surface area contributed by atoms with Gasteiger partial charge in [-0.1, -0.05) is 42.5 Å². The fourth-order valence-electron chi connectivity index (χ4n) is 3.70. The van der Waals surface area contributed by atoms with Crippen molar-refractivity contribution in [2.24, 2.45) is 0 Å². The van der Waals surface area contributed by atoms with Crippen molar-refractivity contribution in [3.05, 3.63) is 72.1 Å². The molecule has 0 amide bonds. The topological polar surface area (TPSA) is 72.7 Å². The minimum Gasteiger partial charge on any atom is -0.369 e. The number of aromatic nitrogens is 4. The smallest absolute Gasteiger partial charge is 0.234 e. The third-order valence-corrected chi connectivity index (χ3v) is 6.09. The van der Waals surface area contributed by atoms with E-state index < -0.39 is 0 Å². The average Bonchev–Trinajstić information content (AvgIpc) is 3.35. The molecule has 0 aliphatic carbocycles. The van der Waals surface area contributed by atoms with Crippen molar-refractivity contribution in [1.82, 2.24) is 19.5 Å². The molecule has 0 bridgehead atoms. The molecule has 0 aliphatic heterocycles. The van der Waals surface area contributed by atoms with Crippen LogP contribution >= 0.6 is 11.3 Å². The van der Waals surface area contributed by atoms with Crippen molar-refractivity contribution < 1.29 is 4.79 Å². The molecule has 0 aliphatic rings. The lowest BCUT2D eigenvalue weighted by atomic mass is 10.0. The van der Waals surface area contributed by atoms with Gasteiger partial charge >= 0.3 is 0 Å². The van der Waals surface area contributed by atoms with E-state index in [0.29, 0.717) is 13.0 Å². The average molecular weight is 414 g/mol. The summed E-state index contributed by atoms with van der Waals surface area (Å²) in [6.45, 7) is 2.58. The number of aryl methyl sites for hydroxylation is 1. The van der Waals surface area contributed by atoms with E-state index in [1.165, 1.54) is 4.88 Å². The third-order valence-electron chi connectivity index (χ3n) is 5.08. The van der Waals surface area contributed by atoms with Gasteiger partial charge in [0.2, 0.25) is 5.91 Å². The molecule has 5 rings (SSSR count). The number of nitrogens with one attached hydrogen (secondary N) is 1. The number of imidazole rings is 1. The molecule has 0 atom stereocenters. The van der Waals surface area contributed by atoms with Gasteiger partial charge in [0.15, 0.2) is 0 Å². The Kier molecular flexibility index (Phi) is 4.72. The molecule has 0 saturated heterocycles. The van der Waals surface area contributed by atoms with Gasteiger partial charge in [0.05, 0.1) is 16.4 Å². The number of benzene rings is 2. The Hall–Kier alpha value is -3.58. The molecule has 5 aromatic rings. The molecule has 0 spiro atoms. The van der Waals surface area contributed by atoms with Crippen molar-refractivity contribution in [2.45, 2.75) is 13.3 Å². The first-order valence-corrected chi connectivity index (χ1v) is 10.5. The SMILES string of the molecule is Cc1sc2ncnc(NCCC(=O)n3cnc4ccccc43)c2c1-c1ccccc1. The van der Waals surface area contributed by atoms with Gasteiger partial charge in [-0.05, 0) is 24.6 Å². The minimum atomic E-state index is -0.00807. The Morgan fingerprint density at radius 1 is 1.03 bits per heavy atom. The third kappa shape index (κ3) is 3.23. The summed E-state index contributed by atoms with van der Waals surface area (Å²) >= 11 is 1.66. The number of hydrogen-bond acceptors (Lipinski definition) is 6. The fourth-order valence-corrected chi connectivity index (χ4v) is 4.71. The molecule has 0 radical (unpaired) electrons. The molecule has 30 heavy (non-hydrogen) atoms. The van der Waals surface area contributed by atoms with Gasteiger partial charge in [-0.3, -0.25) is 9.36 Å². The Morgan fingerprint density at radius 3 is 2.70 bits per heavy atom. The van der Waals surface area contributed by atoms with Crippen molar-refractivity contribution in [3.8, 4) is 11.1 Å². The Morgan fingerprint density at radius 2 is 1.83 bits per heavy atom. The number of anilines is 1. The summed E-state index contributed by atoms with van der Waals surface area (Å²) < 4.78 is 1.61. The van der Waals surface area contributed by atoms with Crippen LogP contribution in [0.15, 0.2) is 67.3 Å². The van der Waals surface area contributed by atoms with E-state index in [9.17, 15) is 4.79 Å². The zero-order valence-corrected chi connectivity index (χ0v) is 17.2. The summed E-state index contributed by atoms with van der Waals surface area (Å²) in [6, 6.07) is 17.9.